The molecular weight excluding hydrogens is 237 g/mol. The van der Waals surface area contributed by atoms with Gasteiger partial charge in [0.2, 0.25) is 0 Å². The Morgan fingerprint density at radius 2 is 2.20 bits per heavy atom. The third-order valence-electron chi connectivity index (χ3n) is 1.68. The summed E-state index contributed by atoms with van der Waals surface area (Å²) in [5.41, 5.74) is 0.559. The van der Waals surface area contributed by atoms with Gasteiger partial charge < -0.3 is 9.94 Å². The van der Waals surface area contributed by atoms with Crippen LogP contribution < -0.4 is 4.74 Å². The summed E-state index contributed by atoms with van der Waals surface area (Å²) in [5.74, 6) is 0.487. The van der Waals surface area contributed by atoms with Crippen molar-refractivity contribution in [3.8, 4) is 5.75 Å². The maximum Gasteiger partial charge on any atom is 0.146 e. The monoisotopic (exact) mass is 247 g/mol. The second-order valence-corrected chi connectivity index (χ2v) is 3.74. The first-order valence-corrected chi connectivity index (χ1v) is 5.24. The Bertz CT molecular complexity index is 367. The molecule has 0 unspecified atom stereocenters. The molecular formula is C10H11Cl2NO2. The van der Waals surface area contributed by atoms with Gasteiger partial charge in [0.25, 0.3) is 0 Å². The van der Waals surface area contributed by atoms with E-state index in [4.69, 9.17) is 33.1 Å². The number of rotatable bonds is 4. The molecule has 15 heavy (non-hydrogen) atoms. The summed E-state index contributed by atoms with van der Waals surface area (Å²) in [5, 5.41) is 12.3. The zero-order chi connectivity index (χ0) is 11.3. The van der Waals surface area contributed by atoms with Crippen LogP contribution in [0.5, 0.6) is 5.75 Å². The molecule has 0 aliphatic heterocycles. The van der Waals surface area contributed by atoms with Gasteiger partial charge >= 0.3 is 0 Å². The summed E-state index contributed by atoms with van der Waals surface area (Å²) in [7, 11) is 0. The Hall–Kier alpha value is -0.930. The molecule has 1 aromatic carbocycles. The molecule has 0 saturated carbocycles. The van der Waals surface area contributed by atoms with Crippen LogP contribution in [-0.2, 0) is 0 Å². The second-order valence-electron chi connectivity index (χ2n) is 2.90. The van der Waals surface area contributed by atoms with E-state index < -0.39 is 0 Å². The minimum Gasteiger partial charge on any atom is -0.491 e. The Kier molecular flexibility index (Phi) is 4.72. The first-order valence-electron chi connectivity index (χ1n) is 4.48. The second kappa shape index (κ2) is 5.83. The first-order chi connectivity index (χ1) is 7.19. The van der Waals surface area contributed by atoms with Gasteiger partial charge in [-0.1, -0.05) is 35.3 Å². The summed E-state index contributed by atoms with van der Waals surface area (Å²) in [6.45, 7) is 2.54. The molecule has 1 N–H and O–H groups in total. The molecule has 0 heterocycles. The van der Waals surface area contributed by atoms with Crippen LogP contribution >= 0.6 is 23.2 Å². The van der Waals surface area contributed by atoms with Crippen molar-refractivity contribution in [1.29, 1.82) is 0 Å². The number of benzene rings is 1. The van der Waals surface area contributed by atoms with Crippen LogP contribution in [0.3, 0.4) is 0 Å². The maximum absolute atomic E-state index is 8.48. The van der Waals surface area contributed by atoms with Crippen LogP contribution in [0.25, 0.3) is 0 Å². The van der Waals surface area contributed by atoms with Crippen molar-refractivity contribution in [3.05, 3.63) is 27.7 Å². The molecule has 0 bridgehead atoms. The largest absolute Gasteiger partial charge is 0.491 e. The summed E-state index contributed by atoms with van der Waals surface area (Å²) in [6.07, 6.45) is 2.11. The van der Waals surface area contributed by atoms with Crippen molar-refractivity contribution in [2.45, 2.75) is 13.3 Å². The van der Waals surface area contributed by atoms with Crippen LogP contribution in [-0.4, -0.2) is 18.0 Å². The standard InChI is InChI=1S/C10H11Cl2NO2/c1-2-3-15-10-7(6-13-14)4-8(11)5-9(10)12/h4-6,14H,2-3H2,1H3/b13-6-. The Morgan fingerprint density at radius 1 is 1.47 bits per heavy atom. The number of nitrogens with zero attached hydrogens (tertiary/aromatic N) is 1. The molecule has 1 aromatic rings. The molecule has 0 saturated heterocycles. The molecule has 1 rings (SSSR count). The predicted octanol–water partition coefficient (Wildman–Crippen LogP) is 3.59. The predicted molar refractivity (Wildman–Crippen MR) is 61.6 cm³/mol. The lowest BCUT2D eigenvalue weighted by molar-refractivity contribution is 0.313. The van der Waals surface area contributed by atoms with Crippen molar-refractivity contribution in [1.82, 2.24) is 0 Å². The van der Waals surface area contributed by atoms with Gasteiger partial charge in [-0.2, -0.15) is 0 Å². The fraction of sp³-hybridized carbons (Fsp3) is 0.300. The number of halogens is 2. The summed E-state index contributed by atoms with van der Waals surface area (Å²) in [4.78, 5) is 0. The van der Waals surface area contributed by atoms with E-state index in [9.17, 15) is 0 Å². The van der Waals surface area contributed by atoms with E-state index in [0.717, 1.165) is 6.42 Å². The lowest BCUT2D eigenvalue weighted by Gasteiger charge is -2.10. The van der Waals surface area contributed by atoms with E-state index in [1.165, 1.54) is 6.21 Å². The highest BCUT2D eigenvalue weighted by Crippen LogP contribution is 2.31. The molecule has 0 aliphatic rings. The van der Waals surface area contributed by atoms with Crippen LogP contribution in [0.15, 0.2) is 17.3 Å². The van der Waals surface area contributed by atoms with Crippen LogP contribution in [0.2, 0.25) is 10.0 Å². The molecule has 0 radical (unpaired) electrons. The van der Waals surface area contributed by atoms with E-state index in [2.05, 4.69) is 5.16 Å². The maximum atomic E-state index is 8.48. The first kappa shape index (κ1) is 12.1. The fourth-order valence-corrected chi connectivity index (χ4v) is 1.66. The molecule has 3 nitrogen and oxygen atoms in total. The summed E-state index contributed by atoms with van der Waals surface area (Å²) >= 11 is 11.8. The van der Waals surface area contributed by atoms with Gasteiger partial charge in [0, 0.05) is 10.6 Å². The van der Waals surface area contributed by atoms with E-state index in [0.29, 0.717) is 28.0 Å². The normalized spacial score (nSPS) is 10.9. The van der Waals surface area contributed by atoms with Gasteiger partial charge in [-0.3, -0.25) is 0 Å². The van der Waals surface area contributed by atoms with Crippen LogP contribution in [0, 0.1) is 0 Å². The van der Waals surface area contributed by atoms with Crippen molar-refractivity contribution in [2.75, 3.05) is 6.61 Å². The summed E-state index contributed by atoms with van der Waals surface area (Å²) < 4.78 is 5.43. The molecule has 0 spiro atoms. The van der Waals surface area contributed by atoms with Gasteiger partial charge in [-0.25, -0.2) is 0 Å². The molecule has 0 aliphatic carbocycles. The third-order valence-corrected chi connectivity index (χ3v) is 2.18. The van der Waals surface area contributed by atoms with E-state index in [1.54, 1.807) is 12.1 Å². The number of oxime groups is 1. The third kappa shape index (κ3) is 3.29. The Labute approximate surface area is 98.3 Å². The van der Waals surface area contributed by atoms with Gasteiger partial charge in [0.05, 0.1) is 17.8 Å². The highest BCUT2D eigenvalue weighted by molar-refractivity contribution is 6.36. The van der Waals surface area contributed by atoms with Crippen molar-refractivity contribution in [3.63, 3.8) is 0 Å². The number of hydrogen-bond donors (Lipinski definition) is 1. The zero-order valence-electron chi connectivity index (χ0n) is 8.20. The van der Waals surface area contributed by atoms with Crippen molar-refractivity contribution >= 4 is 29.4 Å². The zero-order valence-corrected chi connectivity index (χ0v) is 9.72. The van der Waals surface area contributed by atoms with E-state index in [1.807, 2.05) is 6.92 Å². The Balaban J connectivity index is 3.08. The average Bonchev–Trinajstić information content (AvgIpc) is 2.17. The van der Waals surface area contributed by atoms with Gasteiger partial charge in [-0.15, -0.1) is 0 Å². The highest BCUT2D eigenvalue weighted by atomic mass is 35.5. The molecule has 0 aromatic heterocycles. The van der Waals surface area contributed by atoms with Gasteiger partial charge in [0.1, 0.15) is 5.75 Å². The number of ether oxygens (including phenoxy) is 1. The molecule has 5 heteroatoms. The fourth-order valence-electron chi connectivity index (χ4n) is 1.09. The lowest BCUT2D eigenvalue weighted by atomic mass is 10.2. The smallest absolute Gasteiger partial charge is 0.146 e. The molecule has 0 atom stereocenters. The Morgan fingerprint density at radius 3 is 2.80 bits per heavy atom. The minimum atomic E-state index is 0.408. The molecule has 82 valence electrons. The molecule has 0 fully saturated rings. The van der Waals surface area contributed by atoms with Gasteiger partial charge in [0.15, 0.2) is 0 Å². The quantitative estimate of drug-likeness (QED) is 0.502. The van der Waals surface area contributed by atoms with Crippen LogP contribution in [0.1, 0.15) is 18.9 Å². The van der Waals surface area contributed by atoms with Crippen molar-refractivity contribution in [2.24, 2.45) is 5.16 Å². The number of hydrogen-bond acceptors (Lipinski definition) is 3. The van der Waals surface area contributed by atoms with Gasteiger partial charge in [-0.05, 0) is 18.6 Å². The molecule has 0 amide bonds. The van der Waals surface area contributed by atoms with E-state index >= 15 is 0 Å². The van der Waals surface area contributed by atoms with Crippen molar-refractivity contribution < 1.29 is 9.94 Å². The lowest BCUT2D eigenvalue weighted by Crippen LogP contribution is -1.99. The topological polar surface area (TPSA) is 41.8 Å². The SMILES string of the molecule is CCCOc1c(Cl)cc(Cl)cc1/C=N\O. The highest BCUT2D eigenvalue weighted by Gasteiger charge is 2.09. The van der Waals surface area contributed by atoms with Crippen LogP contribution in [0.4, 0.5) is 0 Å². The average molecular weight is 248 g/mol. The summed E-state index contributed by atoms with van der Waals surface area (Å²) in [6, 6.07) is 3.21. The minimum absolute atomic E-state index is 0.408. The van der Waals surface area contributed by atoms with E-state index in [-0.39, 0.29) is 0 Å².